The van der Waals surface area contributed by atoms with Crippen molar-refractivity contribution in [2.75, 3.05) is 39.2 Å². The van der Waals surface area contributed by atoms with Crippen LogP contribution in [0, 0.1) is 11.7 Å². The van der Waals surface area contributed by atoms with E-state index in [9.17, 15) is 19.1 Å². The van der Waals surface area contributed by atoms with Gasteiger partial charge < -0.3 is 25.0 Å². The number of hydrogen-bond acceptors (Lipinski definition) is 4. The van der Waals surface area contributed by atoms with E-state index in [0.29, 0.717) is 21.3 Å². The zero-order valence-corrected chi connectivity index (χ0v) is 21.1. The average molecular weight is 514 g/mol. The lowest BCUT2D eigenvalue weighted by molar-refractivity contribution is 0.0183. The van der Waals surface area contributed by atoms with E-state index in [0.717, 1.165) is 0 Å². The molecule has 10 heteroatoms. The lowest BCUT2D eigenvalue weighted by atomic mass is 10.0. The first kappa shape index (κ1) is 27.9. The van der Waals surface area contributed by atoms with Crippen molar-refractivity contribution >= 4 is 40.8 Å². The van der Waals surface area contributed by atoms with Gasteiger partial charge in [0.1, 0.15) is 5.82 Å². The van der Waals surface area contributed by atoms with Crippen LogP contribution in [-0.2, 0) is 4.74 Å². The summed E-state index contributed by atoms with van der Waals surface area (Å²) in [6.07, 6.45) is -0.407. The van der Waals surface area contributed by atoms with Crippen LogP contribution in [0.2, 0.25) is 10.0 Å². The number of aliphatic hydroxyl groups excluding tert-OH is 1. The monoisotopic (exact) mass is 513 g/mol. The molecule has 0 heterocycles. The molecule has 0 aliphatic rings. The van der Waals surface area contributed by atoms with Crippen molar-refractivity contribution in [2.24, 2.45) is 5.92 Å². The number of urea groups is 1. The summed E-state index contributed by atoms with van der Waals surface area (Å²) in [6, 6.07) is 9.13. The number of carbonyl (C=O) groups is 2. The molecular formula is C24H30Cl2FN3O4. The van der Waals surface area contributed by atoms with Crippen LogP contribution < -0.4 is 5.32 Å². The van der Waals surface area contributed by atoms with Gasteiger partial charge in [0, 0.05) is 54.5 Å². The fraction of sp³-hybridized carbons (Fsp3) is 0.417. The Labute approximate surface area is 209 Å². The first-order valence-electron chi connectivity index (χ1n) is 10.7. The van der Waals surface area contributed by atoms with Crippen LogP contribution in [0.3, 0.4) is 0 Å². The Morgan fingerprint density at radius 3 is 2.21 bits per heavy atom. The second-order valence-corrected chi connectivity index (χ2v) is 9.09. The van der Waals surface area contributed by atoms with Crippen molar-refractivity contribution in [3.63, 3.8) is 0 Å². The van der Waals surface area contributed by atoms with E-state index in [-0.39, 0.29) is 31.5 Å². The number of hydrogen-bond donors (Lipinski definition) is 2. The summed E-state index contributed by atoms with van der Waals surface area (Å²) < 4.78 is 18.8. The van der Waals surface area contributed by atoms with Crippen LogP contribution in [-0.4, -0.2) is 72.8 Å². The Hall–Kier alpha value is -2.39. The lowest BCUT2D eigenvalue weighted by Crippen LogP contribution is -2.48. The molecule has 0 unspecified atom stereocenters. The van der Waals surface area contributed by atoms with E-state index in [2.05, 4.69) is 5.32 Å². The van der Waals surface area contributed by atoms with Crippen LogP contribution in [0.15, 0.2) is 42.5 Å². The van der Waals surface area contributed by atoms with Gasteiger partial charge >= 0.3 is 6.03 Å². The number of methoxy groups -OCH3 is 1. The largest absolute Gasteiger partial charge is 0.394 e. The molecule has 0 saturated carbocycles. The second-order valence-electron chi connectivity index (χ2n) is 8.22. The first-order chi connectivity index (χ1) is 16.0. The number of nitrogens with one attached hydrogen (secondary N) is 1. The van der Waals surface area contributed by atoms with Crippen LogP contribution in [0.4, 0.5) is 14.9 Å². The standard InChI is InChI=1S/C24H30Cl2FN3O4/c1-15(12-30(16(2)14-31)24(33)28-21-7-5-20(27)6-8-21)22(34-4)13-29(3)23(32)17-9-18(25)11-19(26)10-17/h5-11,15-16,22,31H,12-14H2,1-4H3,(H,28,33)/t15-,16+,22+/m0/s1. The van der Waals surface area contributed by atoms with Gasteiger partial charge in [0.2, 0.25) is 0 Å². The molecule has 3 amide bonds. The normalized spacial score (nSPS) is 13.6. The Bertz CT molecular complexity index is 957. The number of ether oxygens (including phenoxy) is 1. The topological polar surface area (TPSA) is 82.1 Å². The van der Waals surface area contributed by atoms with Crippen LogP contribution in [0.25, 0.3) is 0 Å². The SMILES string of the molecule is CO[C@H](CN(C)C(=O)c1cc(Cl)cc(Cl)c1)[C@@H](C)CN(C(=O)Nc1ccc(F)cc1)[C@H](C)CO. The van der Waals surface area contributed by atoms with Gasteiger partial charge in [-0.05, 0) is 49.4 Å². The molecule has 2 rings (SSSR count). The summed E-state index contributed by atoms with van der Waals surface area (Å²) in [5.74, 6) is -0.877. The molecule has 3 atom stereocenters. The zero-order valence-electron chi connectivity index (χ0n) is 19.6. The van der Waals surface area contributed by atoms with Crippen molar-refractivity contribution in [3.05, 3.63) is 63.9 Å². The molecule has 0 radical (unpaired) electrons. The van der Waals surface area contributed by atoms with E-state index in [1.54, 1.807) is 32.2 Å². The first-order valence-corrected chi connectivity index (χ1v) is 11.5. The molecule has 34 heavy (non-hydrogen) atoms. The maximum absolute atomic E-state index is 13.2. The van der Waals surface area contributed by atoms with Gasteiger partial charge in [0.15, 0.2) is 0 Å². The minimum atomic E-state index is -0.478. The lowest BCUT2D eigenvalue weighted by Gasteiger charge is -2.34. The van der Waals surface area contributed by atoms with Gasteiger partial charge in [-0.25, -0.2) is 9.18 Å². The summed E-state index contributed by atoms with van der Waals surface area (Å²) in [5, 5.41) is 13.1. The Morgan fingerprint density at radius 1 is 1.09 bits per heavy atom. The Kier molecular flexibility index (Phi) is 10.6. The predicted molar refractivity (Wildman–Crippen MR) is 132 cm³/mol. The third kappa shape index (κ3) is 7.84. The van der Waals surface area contributed by atoms with Gasteiger partial charge in [-0.1, -0.05) is 30.1 Å². The molecule has 7 nitrogen and oxygen atoms in total. The molecule has 0 spiro atoms. The zero-order chi connectivity index (χ0) is 25.4. The maximum atomic E-state index is 13.2. The highest BCUT2D eigenvalue weighted by atomic mass is 35.5. The third-order valence-corrected chi connectivity index (χ3v) is 5.92. The molecule has 0 aromatic heterocycles. The maximum Gasteiger partial charge on any atom is 0.322 e. The number of rotatable bonds is 10. The number of aliphatic hydroxyl groups is 1. The molecule has 2 N–H and O–H groups in total. The van der Waals surface area contributed by atoms with Gasteiger partial charge in [-0.3, -0.25) is 4.79 Å². The summed E-state index contributed by atoms with van der Waals surface area (Å²) >= 11 is 12.0. The molecule has 2 aromatic rings. The number of carbonyl (C=O) groups excluding carboxylic acids is 2. The van der Waals surface area contributed by atoms with E-state index < -0.39 is 24.0 Å². The summed E-state index contributed by atoms with van der Waals surface area (Å²) in [4.78, 5) is 28.7. The van der Waals surface area contributed by atoms with E-state index in [1.165, 1.54) is 41.2 Å². The molecule has 0 saturated heterocycles. The number of likely N-dealkylation sites (N-methyl/N-ethyl adjacent to an activating group) is 1. The van der Waals surface area contributed by atoms with Crippen LogP contribution in [0.5, 0.6) is 0 Å². The van der Waals surface area contributed by atoms with Gasteiger partial charge in [-0.15, -0.1) is 0 Å². The fourth-order valence-electron chi connectivity index (χ4n) is 3.46. The number of amides is 3. The van der Waals surface area contributed by atoms with Gasteiger partial charge in [-0.2, -0.15) is 0 Å². The highest BCUT2D eigenvalue weighted by molar-refractivity contribution is 6.35. The van der Waals surface area contributed by atoms with Gasteiger partial charge in [0.05, 0.1) is 18.8 Å². The average Bonchev–Trinajstić information content (AvgIpc) is 2.80. The molecular weight excluding hydrogens is 484 g/mol. The minimum absolute atomic E-state index is 0.198. The smallest absolute Gasteiger partial charge is 0.322 e. The predicted octanol–water partition coefficient (Wildman–Crippen LogP) is 4.77. The fourth-order valence-corrected chi connectivity index (χ4v) is 3.98. The van der Waals surface area contributed by atoms with Crippen molar-refractivity contribution in [1.82, 2.24) is 9.80 Å². The van der Waals surface area contributed by atoms with Crippen LogP contribution >= 0.6 is 23.2 Å². The highest BCUT2D eigenvalue weighted by Crippen LogP contribution is 2.21. The number of halogens is 3. The third-order valence-electron chi connectivity index (χ3n) is 5.48. The molecule has 2 aromatic carbocycles. The van der Waals surface area contributed by atoms with E-state index in [4.69, 9.17) is 27.9 Å². The van der Waals surface area contributed by atoms with Crippen LogP contribution in [0.1, 0.15) is 24.2 Å². The minimum Gasteiger partial charge on any atom is -0.394 e. The molecule has 0 aliphatic heterocycles. The highest BCUT2D eigenvalue weighted by Gasteiger charge is 2.28. The molecule has 0 bridgehead atoms. The molecule has 0 aliphatic carbocycles. The van der Waals surface area contributed by atoms with Gasteiger partial charge in [0.25, 0.3) is 5.91 Å². The quantitative estimate of drug-likeness (QED) is 0.479. The van der Waals surface area contributed by atoms with Crippen molar-refractivity contribution < 1.29 is 23.8 Å². The Balaban J connectivity index is 2.09. The van der Waals surface area contributed by atoms with Crippen molar-refractivity contribution in [1.29, 1.82) is 0 Å². The number of nitrogens with zero attached hydrogens (tertiary/aromatic N) is 2. The van der Waals surface area contributed by atoms with Crippen molar-refractivity contribution in [2.45, 2.75) is 26.0 Å². The Morgan fingerprint density at radius 2 is 1.68 bits per heavy atom. The summed E-state index contributed by atoms with van der Waals surface area (Å²) in [6.45, 7) is 3.87. The molecule has 0 fully saturated rings. The van der Waals surface area contributed by atoms with Crippen molar-refractivity contribution in [3.8, 4) is 0 Å². The van der Waals surface area contributed by atoms with E-state index in [1.807, 2.05) is 6.92 Å². The molecule has 186 valence electrons. The number of benzene rings is 2. The summed E-state index contributed by atoms with van der Waals surface area (Å²) in [5.41, 5.74) is 0.791. The number of anilines is 1. The second kappa shape index (κ2) is 12.9. The summed E-state index contributed by atoms with van der Waals surface area (Å²) in [7, 11) is 3.18. The van der Waals surface area contributed by atoms with E-state index >= 15 is 0 Å².